The largest absolute Gasteiger partial charge is 0.488 e. The fourth-order valence-electron chi connectivity index (χ4n) is 2.67. The number of carbonyl (C=O) groups excluding carboxylic acids is 1. The summed E-state index contributed by atoms with van der Waals surface area (Å²) >= 11 is 0. The Balaban J connectivity index is 1.52. The number of nitrogens with one attached hydrogen (secondary N) is 1. The highest BCUT2D eigenvalue weighted by Gasteiger charge is 2.32. The lowest BCUT2D eigenvalue weighted by Gasteiger charge is -2.18. The summed E-state index contributed by atoms with van der Waals surface area (Å²) in [7, 11) is 0. The van der Waals surface area contributed by atoms with Crippen LogP contribution in [0.15, 0.2) is 34.7 Å². The van der Waals surface area contributed by atoms with Crippen molar-refractivity contribution in [3.63, 3.8) is 0 Å². The van der Waals surface area contributed by atoms with Crippen molar-refractivity contribution in [3.8, 4) is 11.5 Å². The second-order valence-corrected chi connectivity index (χ2v) is 6.30. The smallest absolute Gasteiger partial charge is 0.287 e. The molecule has 2 heterocycles. The van der Waals surface area contributed by atoms with Gasteiger partial charge < -0.3 is 19.2 Å². The summed E-state index contributed by atoms with van der Waals surface area (Å²) in [5.41, 5.74) is 0.954. The predicted octanol–water partition coefficient (Wildman–Crippen LogP) is 3.11. The van der Waals surface area contributed by atoms with Crippen LogP contribution < -0.4 is 14.8 Å². The molecule has 5 heteroatoms. The molecule has 1 aliphatic heterocycles. The van der Waals surface area contributed by atoms with Crippen molar-refractivity contribution in [1.29, 1.82) is 0 Å². The number of para-hydroxylation sites is 1. The zero-order valence-corrected chi connectivity index (χ0v) is 13.6. The minimum atomic E-state index is -0.239. The molecule has 23 heavy (non-hydrogen) atoms. The molecule has 1 N–H and O–H groups in total. The van der Waals surface area contributed by atoms with E-state index in [4.69, 9.17) is 13.9 Å². The van der Waals surface area contributed by atoms with Gasteiger partial charge >= 0.3 is 0 Å². The highest BCUT2D eigenvalue weighted by Crippen LogP contribution is 2.41. The summed E-state index contributed by atoms with van der Waals surface area (Å²) in [6, 6.07) is 9.32. The lowest BCUT2D eigenvalue weighted by Crippen LogP contribution is -2.28. The third-order valence-corrected chi connectivity index (χ3v) is 3.66. The Morgan fingerprint density at radius 3 is 2.87 bits per heavy atom. The van der Waals surface area contributed by atoms with E-state index >= 15 is 0 Å². The molecule has 1 aromatic heterocycles. The van der Waals surface area contributed by atoms with Crippen molar-refractivity contribution in [2.24, 2.45) is 0 Å². The average Bonchev–Trinajstić information content (AvgIpc) is 3.05. The molecule has 3 rings (SSSR count). The minimum absolute atomic E-state index is 0.201. The number of fused-ring (bicyclic) bond motifs is 1. The van der Waals surface area contributed by atoms with Gasteiger partial charge in [-0.15, -0.1) is 0 Å². The summed E-state index contributed by atoms with van der Waals surface area (Å²) in [4.78, 5) is 11.9. The number of aryl methyl sites for hydroxylation is 1. The van der Waals surface area contributed by atoms with Crippen LogP contribution in [0, 0.1) is 6.92 Å². The van der Waals surface area contributed by atoms with Gasteiger partial charge in [0.15, 0.2) is 17.3 Å². The second-order valence-electron chi connectivity index (χ2n) is 6.30. The molecule has 0 spiro atoms. The Labute approximate surface area is 135 Å². The lowest BCUT2D eigenvalue weighted by molar-refractivity contribution is 0.0917. The molecule has 0 bridgehead atoms. The first-order valence-electron chi connectivity index (χ1n) is 7.73. The SMILES string of the molecule is Cc1ccc(C(=O)NCCOc2cccc3c2OC(C)(C)C3)o1. The second kappa shape index (κ2) is 5.99. The van der Waals surface area contributed by atoms with Crippen LogP contribution >= 0.6 is 0 Å². The monoisotopic (exact) mass is 315 g/mol. The van der Waals surface area contributed by atoms with Crippen molar-refractivity contribution < 1.29 is 18.7 Å². The van der Waals surface area contributed by atoms with Gasteiger partial charge in [-0.2, -0.15) is 0 Å². The molecule has 0 atom stereocenters. The van der Waals surface area contributed by atoms with Crippen LogP contribution in [0.1, 0.15) is 35.7 Å². The molecular formula is C18H21NO4. The Kier molecular flexibility index (Phi) is 4.03. The number of hydrogen-bond donors (Lipinski definition) is 1. The zero-order chi connectivity index (χ0) is 16.4. The summed E-state index contributed by atoms with van der Waals surface area (Å²) in [5.74, 6) is 2.32. The number of benzene rings is 1. The minimum Gasteiger partial charge on any atom is -0.488 e. The van der Waals surface area contributed by atoms with Gasteiger partial charge in [0.2, 0.25) is 0 Å². The van der Waals surface area contributed by atoms with Gasteiger partial charge in [0.05, 0.1) is 6.54 Å². The quantitative estimate of drug-likeness (QED) is 0.861. The standard InChI is InChI=1S/C18H21NO4/c1-12-7-8-15(22-12)17(20)19-9-10-21-14-6-4-5-13-11-18(2,3)23-16(13)14/h4-8H,9-11H2,1-3H3,(H,19,20). The topological polar surface area (TPSA) is 60.7 Å². The first-order valence-corrected chi connectivity index (χ1v) is 7.73. The summed E-state index contributed by atoms with van der Waals surface area (Å²) in [6.45, 7) is 6.68. The van der Waals surface area contributed by atoms with E-state index in [0.717, 1.165) is 23.5 Å². The van der Waals surface area contributed by atoms with E-state index in [1.807, 2.05) is 12.1 Å². The molecule has 0 fully saturated rings. The van der Waals surface area contributed by atoms with Crippen LogP contribution in [0.2, 0.25) is 0 Å². The fraction of sp³-hybridized carbons (Fsp3) is 0.389. The van der Waals surface area contributed by atoms with Gasteiger partial charge in [0.1, 0.15) is 18.0 Å². The predicted molar refractivity (Wildman–Crippen MR) is 86.1 cm³/mol. The van der Waals surface area contributed by atoms with E-state index in [1.165, 1.54) is 0 Å². The maximum Gasteiger partial charge on any atom is 0.287 e. The first kappa shape index (κ1) is 15.5. The van der Waals surface area contributed by atoms with Crippen LogP contribution in [0.3, 0.4) is 0 Å². The highest BCUT2D eigenvalue weighted by atomic mass is 16.5. The third kappa shape index (κ3) is 3.50. The summed E-state index contributed by atoms with van der Waals surface area (Å²) in [6.07, 6.45) is 0.869. The first-order chi connectivity index (χ1) is 10.9. The van der Waals surface area contributed by atoms with Crippen molar-refractivity contribution >= 4 is 5.91 Å². The zero-order valence-electron chi connectivity index (χ0n) is 13.6. The van der Waals surface area contributed by atoms with Crippen molar-refractivity contribution in [1.82, 2.24) is 5.32 Å². The number of hydrogen-bond acceptors (Lipinski definition) is 4. The third-order valence-electron chi connectivity index (χ3n) is 3.66. The molecule has 2 aromatic rings. The normalized spacial score (nSPS) is 14.9. The van der Waals surface area contributed by atoms with Crippen LogP contribution in [-0.2, 0) is 6.42 Å². The van der Waals surface area contributed by atoms with Gasteiger partial charge in [-0.05, 0) is 39.0 Å². The molecule has 0 unspecified atom stereocenters. The van der Waals surface area contributed by atoms with Crippen LogP contribution in [0.5, 0.6) is 11.5 Å². The van der Waals surface area contributed by atoms with Crippen molar-refractivity contribution in [3.05, 3.63) is 47.4 Å². The molecule has 0 radical (unpaired) electrons. The van der Waals surface area contributed by atoms with Crippen LogP contribution in [0.4, 0.5) is 0 Å². The number of furan rings is 1. The Hall–Kier alpha value is -2.43. The molecule has 1 amide bonds. The van der Waals surface area contributed by atoms with E-state index in [2.05, 4.69) is 25.2 Å². The number of ether oxygens (including phenoxy) is 2. The molecule has 122 valence electrons. The van der Waals surface area contributed by atoms with E-state index in [-0.39, 0.29) is 11.5 Å². The maximum absolute atomic E-state index is 11.9. The van der Waals surface area contributed by atoms with Gasteiger partial charge in [-0.1, -0.05) is 12.1 Å². The van der Waals surface area contributed by atoms with E-state index in [9.17, 15) is 4.79 Å². The lowest BCUT2D eigenvalue weighted by atomic mass is 10.0. The van der Waals surface area contributed by atoms with Gasteiger partial charge in [0, 0.05) is 12.0 Å². The van der Waals surface area contributed by atoms with E-state index < -0.39 is 0 Å². The van der Waals surface area contributed by atoms with Crippen molar-refractivity contribution in [2.75, 3.05) is 13.2 Å². The van der Waals surface area contributed by atoms with E-state index in [0.29, 0.717) is 24.7 Å². The Morgan fingerprint density at radius 2 is 2.13 bits per heavy atom. The molecule has 5 nitrogen and oxygen atoms in total. The average molecular weight is 315 g/mol. The molecule has 0 saturated carbocycles. The number of amides is 1. The summed E-state index contributed by atoms with van der Waals surface area (Å²) in [5, 5.41) is 2.77. The Morgan fingerprint density at radius 1 is 1.30 bits per heavy atom. The fourth-order valence-corrected chi connectivity index (χ4v) is 2.67. The summed E-state index contributed by atoms with van der Waals surface area (Å²) < 4.78 is 17.0. The maximum atomic E-state index is 11.9. The molecule has 0 aliphatic carbocycles. The molecular weight excluding hydrogens is 294 g/mol. The number of carbonyl (C=O) groups is 1. The highest BCUT2D eigenvalue weighted by molar-refractivity contribution is 5.91. The van der Waals surface area contributed by atoms with Gasteiger partial charge in [-0.3, -0.25) is 4.79 Å². The van der Waals surface area contributed by atoms with Gasteiger partial charge in [-0.25, -0.2) is 0 Å². The van der Waals surface area contributed by atoms with Crippen molar-refractivity contribution in [2.45, 2.75) is 32.8 Å². The Bertz CT molecular complexity index is 718. The molecule has 1 aromatic carbocycles. The molecule has 1 aliphatic rings. The van der Waals surface area contributed by atoms with Crippen LogP contribution in [0.25, 0.3) is 0 Å². The van der Waals surface area contributed by atoms with Gasteiger partial charge in [0.25, 0.3) is 5.91 Å². The van der Waals surface area contributed by atoms with Crippen LogP contribution in [-0.4, -0.2) is 24.7 Å². The van der Waals surface area contributed by atoms with E-state index in [1.54, 1.807) is 19.1 Å². The molecule has 0 saturated heterocycles. The number of rotatable bonds is 5.